The van der Waals surface area contributed by atoms with Crippen molar-refractivity contribution in [3.8, 4) is 0 Å². The lowest BCUT2D eigenvalue weighted by molar-refractivity contribution is -0.383. The van der Waals surface area contributed by atoms with E-state index in [1.165, 1.54) is 18.2 Å². The predicted molar refractivity (Wildman–Crippen MR) is 75.5 cm³/mol. The van der Waals surface area contributed by atoms with Crippen LogP contribution >= 0.6 is 0 Å². The van der Waals surface area contributed by atoms with Gasteiger partial charge in [-0.05, 0) is 26.1 Å². The zero-order chi connectivity index (χ0) is 14.9. The smallest absolute Gasteiger partial charge is 0.292 e. The Morgan fingerprint density at radius 3 is 2.70 bits per heavy atom. The third-order valence-corrected chi connectivity index (χ3v) is 3.56. The predicted octanol–water partition coefficient (Wildman–Crippen LogP) is 0.953. The van der Waals surface area contributed by atoms with Crippen LogP contribution in [0, 0.1) is 10.1 Å². The molecular weight excluding hydrogens is 260 g/mol. The topological polar surface area (TPSA) is 92.7 Å². The molecule has 1 atom stereocenters. The van der Waals surface area contributed by atoms with Gasteiger partial charge in [0.1, 0.15) is 5.69 Å². The second kappa shape index (κ2) is 5.46. The first kappa shape index (κ1) is 14.3. The third-order valence-electron chi connectivity index (χ3n) is 3.56. The SMILES string of the molecule is CC1CN(C)CCN1C(=O)c1ccc([N+](=O)[O-])c(N)c1. The van der Waals surface area contributed by atoms with Crippen LogP contribution in [0.3, 0.4) is 0 Å². The van der Waals surface area contributed by atoms with Crippen molar-refractivity contribution in [3.05, 3.63) is 33.9 Å². The van der Waals surface area contributed by atoms with Gasteiger partial charge in [0.2, 0.25) is 0 Å². The van der Waals surface area contributed by atoms with Gasteiger partial charge in [-0.25, -0.2) is 0 Å². The molecule has 1 aromatic rings. The highest BCUT2D eigenvalue weighted by molar-refractivity contribution is 5.96. The monoisotopic (exact) mass is 278 g/mol. The van der Waals surface area contributed by atoms with E-state index < -0.39 is 4.92 Å². The minimum atomic E-state index is -0.554. The summed E-state index contributed by atoms with van der Waals surface area (Å²) in [4.78, 5) is 26.5. The summed E-state index contributed by atoms with van der Waals surface area (Å²) in [6, 6.07) is 4.23. The van der Waals surface area contributed by atoms with E-state index in [9.17, 15) is 14.9 Å². The number of carbonyl (C=O) groups is 1. The average molecular weight is 278 g/mol. The number of hydrogen-bond acceptors (Lipinski definition) is 5. The number of nitrogens with zero attached hydrogens (tertiary/aromatic N) is 3. The molecule has 0 saturated carbocycles. The standard InChI is InChI=1S/C13H18N4O3/c1-9-8-15(2)5-6-16(9)13(18)10-3-4-12(17(19)20)11(14)7-10/h3-4,7,9H,5-6,8,14H2,1-2H3. The summed E-state index contributed by atoms with van der Waals surface area (Å²) in [5, 5.41) is 10.7. The number of nitrogen functional groups attached to an aromatic ring is 1. The molecule has 0 aliphatic carbocycles. The summed E-state index contributed by atoms with van der Waals surface area (Å²) in [7, 11) is 2.02. The fourth-order valence-corrected chi connectivity index (χ4v) is 2.46. The Labute approximate surface area is 117 Å². The summed E-state index contributed by atoms with van der Waals surface area (Å²) >= 11 is 0. The number of carbonyl (C=O) groups excluding carboxylic acids is 1. The van der Waals surface area contributed by atoms with Crippen molar-refractivity contribution in [3.63, 3.8) is 0 Å². The first-order chi connectivity index (χ1) is 9.40. The van der Waals surface area contributed by atoms with E-state index in [1.807, 2.05) is 14.0 Å². The zero-order valence-electron chi connectivity index (χ0n) is 11.6. The molecule has 0 aromatic heterocycles. The maximum atomic E-state index is 12.4. The average Bonchev–Trinajstić information content (AvgIpc) is 2.37. The molecule has 1 aliphatic rings. The summed E-state index contributed by atoms with van der Waals surface area (Å²) in [5.74, 6) is -0.132. The molecule has 1 fully saturated rings. The van der Waals surface area contributed by atoms with E-state index in [0.717, 1.165) is 13.1 Å². The molecule has 1 unspecified atom stereocenters. The molecule has 2 N–H and O–H groups in total. The van der Waals surface area contributed by atoms with Crippen LogP contribution in [0.1, 0.15) is 17.3 Å². The highest BCUT2D eigenvalue weighted by atomic mass is 16.6. The van der Waals surface area contributed by atoms with Gasteiger partial charge in [-0.2, -0.15) is 0 Å². The first-order valence-electron chi connectivity index (χ1n) is 6.43. The lowest BCUT2D eigenvalue weighted by Gasteiger charge is -2.38. The second-order valence-electron chi connectivity index (χ2n) is 5.14. The maximum absolute atomic E-state index is 12.4. The molecule has 7 heteroatoms. The molecule has 1 aromatic carbocycles. The fraction of sp³-hybridized carbons (Fsp3) is 0.462. The number of nitro groups is 1. The van der Waals surface area contributed by atoms with Gasteiger partial charge in [0.25, 0.3) is 11.6 Å². The molecule has 0 radical (unpaired) electrons. The maximum Gasteiger partial charge on any atom is 0.292 e. The van der Waals surface area contributed by atoms with Gasteiger partial charge in [0.05, 0.1) is 4.92 Å². The number of nitrogens with two attached hydrogens (primary N) is 1. The minimum absolute atomic E-state index is 0.0163. The van der Waals surface area contributed by atoms with Gasteiger partial charge in [-0.3, -0.25) is 14.9 Å². The molecule has 0 bridgehead atoms. The van der Waals surface area contributed by atoms with E-state index in [2.05, 4.69) is 4.90 Å². The summed E-state index contributed by atoms with van der Waals surface area (Å²) in [6.07, 6.45) is 0. The number of likely N-dealkylation sites (N-methyl/N-ethyl adjacent to an activating group) is 1. The summed E-state index contributed by atoms with van der Waals surface area (Å²) in [6.45, 7) is 4.27. The summed E-state index contributed by atoms with van der Waals surface area (Å²) < 4.78 is 0. The molecule has 1 aliphatic heterocycles. The molecule has 108 valence electrons. The molecule has 20 heavy (non-hydrogen) atoms. The Morgan fingerprint density at radius 1 is 1.45 bits per heavy atom. The van der Waals surface area contributed by atoms with Crippen LogP contribution in [0.5, 0.6) is 0 Å². The Hall–Kier alpha value is -2.15. The number of anilines is 1. The van der Waals surface area contributed by atoms with E-state index in [4.69, 9.17) is 5.73 Å². The number of nitro benzene ring substituents is 1. The normalized spacial score (nSPS) is 19.9. The second-order valence-corrected chi connectivity index (χ2v) is 5.14. The molecule has 0 spiro atoms. The van der Waals surface area contributed by atoms with Crippen molar-refractivity contribution in [1.29, 1.82) is 0 Å². The Kier molecular flexibility index (Phi) is 3.89. The highest BCUT2D eigenvalue weighted by Gasteiger charge is 2.27. The van der Waals surface area contributed by atoms with Crippen LogP contribution in [0.4, 0.5) is 11.4 Å². The van der Waals surface area contributed by atoms with Gasteiger partial charge >= 0.3 is 0 Å². The van der Waals surface area contributed by atoms with Crippen molar-refractivity contribution in [2.75, 3.05) is 32.4 Å². The fourth-order valence-electron chi connectivity index (χ4n) is 2.46. The summed E-state index contributed by atoms with van der Waals surface area (Å²) in [5.41, 5.74) is 5.86. The van der Waals surface area contributed by atoms with Gasteiger partial charge in [0.15, 0.2) is 0 Å². The zero-order valence-corrected chi connectivity index (χ0v) is 11.6. The van der Waals surface area contributed by atoms with E-state index in [0.29, 0.717) is 12.1 Å². The van der Waals surface area contributed by atoms with Gasteiger partial charge in [-0.15, -0.1) is 0 Å². The Bertz CT molecular complexity index is 546. The molecule has 1 saturated heterocycles. The van der Waals surface area contributed by atoms with Crippen LogP contribution in [0.15, 0.2) is 18.2 Å². The molecule has 7 nitrogen and oxygen atoms in total. The number of benzene rings is 1. The van der Waals surface area contributed by atoms with Crippen molar-refractivity contribution >= 4 is 17.3 Å². The lowest BCUT2D eigenvalue weighted by atomic mass is 10.1. The number of piperazine rings is 1. The van der Waals surface area contributed by atoms with Crippen molar-refractivity contribution < 1.29 is 9.72 Å². The van der Waals surface area contributed by atoms with Crippen molar-refractivity contribution in [2.24, 2.45) is 0 Å². The van der Waals surface area contributed by atoms with Crippen LogP contribution in [-0.4, -0.2) is 53.4 Å². The largest absolute Gasteiger partial charge is 0.393 e. The van der Waals surface area contributed by atoms with Gasteiger partial charge in [-0.1, -0.05) is 0 Å². The lowest BCUT2D eigenvalue weighted by Crippen LogP contribution is -2.52. The van der Waals surface area contributed by atoms with Gasteiger partial charge in [0, 0.05) is 37.3 Å². The van der Waals surface area contributed by atoms with Crippen LogP contribution in [-0.2, 0) is 0 Å². The minimum Gasteiger partial charge on any atom is -0.393 e. The number of rotatable bonds is 2. The molecule has 1 heterocycles. The quantitative estimate of drug-likeness (QED) is 0.494. The van der Waals surface area contributed by atoms with E-state index >= 15 is 0 Å². The number of amides is 1. The first-order valence-corrected chi connectivity index (χ1v) is 6.43. The van der Waals surface area contributed by atoms with E-state index in [-0.39, 0.29) is 23.3 Å². The van der Waals surface area contributed by atoms with Crippen molar-refractivity contribution in [1.82, 2.24) is 9.80 Å². The highest BCUT2D eigenvalue weighted by Crippen LogP contribution is 2.23. The molecular formula is C13H18N4O3. The van der Waals surface area contributed by atoms with Gasteiger partial charge < -0.3 is 15.5 Å². The van der Waals surface area contributed by atoms with E-state index in [1.54, 1.807) is 4.90 Å². The molecule has 1 amide bonds. The Morgan fingerprint density at radius 2 is 2.15 bits per heavy atom. The Balaban J connectivity index is 2.21. The van der Waals surface area contributed by atoms with Crippen LogP contribution in [0.25, 0.3) is 0 Å². The number of hydrogen-bond donors (Lipinski definition) is 1. The van der Waals surface area contributed by atoms with Crippen LogP contribution < -0.4 is 5.73 Å². The third kappa shape index (κ3) is 2.72. The van der Waals surface area contributed by atoms with Crippen LogP contribution in [0.2, 0.25) is 0 Å². The molecule has 2 rings (SSSR count). The van der Waals surface area contributed by atoms with Crippen molar-refractivity contribution in [2.45, 2.75) is 13.0 Å².